The van der Waals surface area contributed by atoms with Crippen molar-refractivity contribution in [3.8, 4) is 0 Å². The van der Waals surface area contributed by atoms with Crippen molar-refractivity contribution in [2.75, 3.05) is 37.8 Å². The van der Waals surface area contributed by atoms with Gasteiger partial charge in [-0.05, 0) is 44.3 Å². The van der Waals surface area contributed by atoms with Crippen LogP contribution in [0.25, 0.3) is 0 Å². The molecule has 0 aliphatic heterocycles. The van der Waals surface area contributed by atoms with Gasteiger partial charge in [-0.25, -0.2) is 4.98 Å². The van der Waals surface area contributed by atoms with E-state index < -0.39 is 0 Å². The third-order valence-electron chi connectivity index (χ3n) is 3.53. The Kier molecular flexibility index (Phi) is 6.11. The Morgan fingerprint density at radius 2 is 1.96 bits per heavy atom. The van der Waals surface area contributed by atoms with E-state index in [1.54, 1.807) is 6.20 Å². The van der Waals surface area contributed by atoms with E-state index in [9.17, 15) is 4.79 Å². The lowest BCUT2D eigenvalue weighted by atomic mass is 10.1. The first-order valence-corrected chi connectivity index (χ1v) is 7.73. The summed E-state index contributed by atoms with van der Waals surface area (Å²) in [5, 5.41) is 6.12. The van der Waals surface area contributed by atoms with Crippen molar-refractivity contribution in [3.05, 3.63) is 53.7 Å². The summed E-state index contributed by atoms with van der Waals surface area (Å²) in [7, 11) is 4.07. The van der Waals surface area contributed by atoms with Crippen molar-refractivity contribution in [2.45, 2.75) is 13.3 Å². The smallest absolute Gasteiger partial charge is 0.229 e. The molecule has 0 atom stereocenters. The van der Waals surface area contributed by atoms with E-state index in [0.717, 1.165) is 29.9 Å². The highest BCUT2D eigenvalue weighted by Crippen LogP contribution is 2.11. The van der Waals surface area contributed by atoms with Crippen LogP contribution in [-0.4, -0.2) is 43.0 Å². The van der Waals surface area contributed by atoms with Gasteiger partial charge in [0.2, 0.25) is 5.91 Å². The molecule has 1 amide bonds. The lowest BCUT2D eigenvalue weighted by Gasteiger charge is -2.11. The van der Waals surface area contributed by atoms with Crippen LogP contribution in [0.5, 0.6) is 0 Å². The molecule has 0 radical (unpaired) electrons. The number of nitrogens with zero attached hydrogens (tertiary/aromatic N) is 2. The number of anilines is 2. The number of likely N-dealkylation sites (N-methyl/N-ethyl adjacent to an activating group) is 1. The van der Waals surface area contributed by atoms with Crippen molar-refractivity contribution in [2.24, 2.45) is 0 Å². The standard InChI is InChI=1S/C18H24N4O/c1-14-6-4-5-7-15(14)12-18(23)21-17-9-8-16(13-20-17)19-10-11-22(2)3/h4-9,13,19H,10-12H2,1-3H3,(H,20,21,23). The van der Waals surface area contributed by atoms with Crippen molar-refractivity contribution < 1.29 is 4.79 Å². The Hall–Kier alpha value is -2.40. The monoisotopic (exact) mass is 312 g/mol. The Labute approximate surface area is 137 Å². The molecule has 1 aromatic carbocycles. The first-order valence-electron chi connectivity index (χ1n) is 7.73. The largest absolute Gasteiger partial charge is 0.383 e. The number of amides is 1. The molecule has 0 spiro atoms. The minimum Gasteiger partial charge on any atom is -0.383 e. The number of carbonyl (C=O) groups excluding carboxylic acids is 1. The number of hydrogen-bond donors (Lipinski definition) is 2. The van der Waals surface area contributed by atoms with Gasteiger partial charge in [0.1, 0.15) is 5.82 Å². The fourth-order valence-corrected chi connectivity index (χ4v) is 2.16. The van der Waals surface area contributed by atoms with E-state index in [1.807, 2.05) is 57.4 Å². The average Bonchev–Trinajstić information content (AvgIpc) is 2.51. The van der Waals surface area contributed by atoms with Crippen LogP contribution in [0.15, 0.2) is 42.6 Å². The van der Waals surface area contributed by atoms with E-state index in [0.29, 0.717) is 12.2 Å². The maximum Gasteiger partial charge on any atom is 0.229 e. The zero-order valence-electron chi connectivity index (χ0n) is 14.0. The summed E-state index contributed by atoms with van der Waals surface area (Å²) in [5.41, 5.74) is 3.10. The van der Waals surface area contributed by atoms with Crippen LogP contribution in [0.2, 0.25) is 0 Å². The van der Waals surface area contributed by atoms with Crippen LogP contribution < -0.4 is 10.6 Å². The van der Waals surface area contributed by atoms with Crippen LogP contribution in [0.1, 0.15) is 11.1 Å². The molecular formula is C18H24N4O. The molecule has 5 heteroatoms. The molecule has 2 rings (SSSR count). The maximum atomic E-state index is 12.1. The Morgan fingerprint density at radius 1 is 1.17 bits per heavy atom. The molecule has 1 heterocycles. The van der Waals surface area contributed by atoms with Crippen molar-refractivity contribution in [3.63, 3.8) is 0 Å². The molecule has 1 aromatic heterocycles. The molecule has 5 nitrogen and oxygen atoms in total. The molecular weight excluding hydrogens is 288 g/mol. The lowest BCUT2D eigenvalue weighted by molar-refractivity contribution is -0.115. The Balaban J connectivity index is 1.85. The molecule has 23 heavy (non-hydrogen) atoms. The van der Waals surface area contributed by atoms with Crippen LogP contribution in [0, 0.1) is 6.92 Å². The van der Waals surface area contributed by atoms with Gasteiger partial charge in [-0.15, -0.1) is 0 Å². The molecule has 0 saturated carbocycles. The molecule has 0 fully saturated rings. The fraction of sp³-hybridized carbons (Fsp3) is 0.333. The summed E-state index contributed by atoms with van der Waals surface area (Å²) < 4.78 is 0. The minimum absolute atomic E-state index is 0.0554. The van der Waals surface area contributed by atoms with Gasteiger partial charge in [-0.3, -0.25) is 4.79 Å². The summed E-state index contributed by atoms with van der Waals surface area (Å²) in [6, 6.07) is 11.6. The van der Waals surface area contributed by atoms with Crippen LogP contribution in [0.3, 0.4) is 0 Å². The normalized spacial score (nSPS) is 10.6. The lowest BCUT2D eigenvalue weighted by Crippen LogP contribution is -2.21. The van der Waals surface area contributed by atoms with Gasteiger partial charge in [0.25, 0.3) is 0 Å². The molecule has 2 aromatic rings. The molecule has 0 unspecified atom stereocenters. The third-order valence-corrected chi connectivity index (χ3v) is 3.53. The topological polar surface area (TPSA) is 57.3 Å². The predicted octanol–water partition coefficient (Wildman–Crippen LogP) is 2.54. The summed E-state index contributed by atoms with van der Waals surface area (Å²) >= 11 is 0. The number of pyridine rings is 1. The second-order valence-electron chi connectivity index (χ2n) is 5.81. The Bertz CT molecular complexity index is 638. The highest BCUT2D eigenvalue weighted by molar-refractivity contribution is 5.91. The van der Waals surface area contributed by atoms with Crippen molar-refractivity contribution in [1.82, 2.24) is 9.88 Å². The summed E-state index contributed by atoms with van der Waals surface area (Å²) in [5.74, 6) is 0.516. The second-order valence-corrected chi connectivity index (χ2v) is 5.81. The fourth-order valence-electron chi connectivity index (χ4n) is 2.16. The van der Waals surface area contributed by atoms with E-state index in [1.165, 1.54) is 0 Å². The van der Waals surface area contributed by atoms with Gasteiger partial charge in [-0.1, -0.05) is 24.3 Å². The quantitative estimate of drug-likeness (QED) is 0.825. The number of rotatable bonds is 7. The van der Waals surface area contributed by atoms with E-state index >= 15 is 0 Å². The number of benzene rings is 1. The van der Waals surface area contributed by atoms with E-state index in [4.69, 9.17) is 0 Å². The molecule has 0 aliphatic carbocycles. The third kappa shape index (κ3) is 5.71. The number of carbonyl (C=O) groups is 1. The first-order chi connectivity index (χ1) is 11.0. The van der Waals surface area contributed by atoms with Crippen LogP contribution in [0.4, 0.5) is 11.5 Å². The zero-order chi connectivity index (χ0) is 16.7. The van der Waals surface area contributed by atoms with Gasteiger partial charge < -0.3 is 15.5 Å². The van der Waals surface area contributed by atoms with E-state index in [-0.39, 0.29) is 5.91 Å². The van der Waals surface area contributed by atoms with Gasteiger partial charge >= 0.3 is 0 Å². The Morgan fingerprint density at radius 3 is 2.61 bits per heavy atom. The van der Waals surface area contributed by atoms with Gasteiger partial charge in [-0.2, -0.15) is 0 Å². The molecule has 2 N–H and O–H groups in total. The first kappa shape index (κ1) is 17.0. The number of hydrogen-bond acceptors (Lipinski definition) is 4. The predicted molar refractivity (Wildman–Crippen MR) is 94.8 cm³/mol. The molecule has 0 saturated heterocycles. The maximum absolute atomic E-state index is 12.1. The summed E-state index contributed by atoms with van der Waals surface area (Å²) in [6.07, 6.45) is 2.09. The number of aromatic nitrogens is 1. The minimum atomic E-state index is -0.0554. The van der Waals surface area contributed by atoms with Gasteiger partial charge in [0.05, 0.1) is 18.3 Å². The van der Waals surface area contributed by atoms with Gasteiger partial charge in [0, 0.05) is 13.1 Å². The van der Waals surface area contributed by atoms with Gasteiger partial charge in [0.15, 0.2) is 0 Å². The summed E-state index contributed by atoms with van der Waals surface area (Å²) in [6.45, 7) is 3.82. The molecule has 122 valence electrons. The van der Waals surface area contributed by atoms with Crippen LogP contribution in [-0.2, 0) is 11.2 Å². The van der Waals surface area contributed by atoms with E-state index in [2.05, 4.69) is 20.5 Å². The molecule has 0 aliphatic rings. The average molecular weight is 312 g/mol. The SMILES string of the molecule is Cc1ccccc1CC(=O)Nc1ccc(NCCN(C)C)cn1. The number of aryl methyl sites for hydroxylation is 1. The summed E-state index contributed by atoms with van der Waals surface area (Å²) in [4.78, 5) is 18.5. The number of nitrogens with one attached hydrogen (secondary N) is 2. The highest BCUT2D eigenvalue weighted by atomic mass is 16.1. The highest BCUT2D eigenvalue weighted by Gasteiger charge is 2.06. The molecule has 0 bridgehead atoms. The van der Waals surface area contributed by atoms with Crippen molar-refractivity contribution >= 4 is 17.4 Å². The zero-order valence-corrected chi connectivity index (χ0v) is 14.0. The van der Waals surface area contributed by atoms with Crippen LogP contribution >= 0.6 is 0 Å². The second kappa shape index (κ2) is 8.29. The van der Waals surface area contributed by atoms with Crippen molar-refractivity contribution in [1.29, 1.82) is 0 Å².